The zero-order chi connectivity index (χ0) is 16.3. The maximum atomic E-state index is 13.0. The predicted molar refractivity (Wildman–Crippen MR) is 81.1 cm³/mol. The predicted octanol–water partition coefficient (Wildman–Crippen LogP) is 3.92. The topological polar surface area (TPSA) is 53.7 Å². The molecule has 2 aromatic rings. The van der Waals surface area contributed by atoms with Crippen molar-refractivity contribution < 1.29 is 18.7 Å². The van der Waals surface area contributed by atoms with Crippen LogP contribution in [0.2, 0.25) is 0 Å². The molecule has 0 radical (unpaired) electrons. The summed E-state index contributed by atoms with van der Waals surface area (Å²) in [7, 11) is 0. The smallest absolute Gasteiger partial charge is 0.371 e. The highest BCUT2D eigenvalue weighted by molar-refractivity contribution is 5.84. The molecule has 0 atom stereocenters. The summed E-state index contributed by atoms with van der Waals surface area (Å²) in [5, 5.41) is 8.91. The van der Waals surface area contributed by atoms with E-state index in [0.717, 1.165) is 5.56 Å². The van der Waals surface area contributed by atoms with Crippen LogP contribution in [0.3, 0.4) is 0 Å². The third-order valence-electron chi connectivity index (χ3n) is 3.45. The molecule has 0 bridgehead atoms. The van der Waals surface area contributed by atoms with E-state index in [0.29, 0.717) is 18.8 Å². The van der Waals surface area contributed by atoms with Gasteiger partial charge in [-0.1, -0.05) is 12.1 Å². The monoisotopic (exact) mass is 305 g/mol. The molecule has 0 aliphatic carbocycles. The van der Waals surface area contributed by atoms with Gasteiger partial charge in [0.15, 0.2) is 0 Å². The van der Waals surface area contributed by atoms with E-state index in [1.54, 1.807) is 18.2 Å². The lowest BCUT2D eigenvalue weighted by Crippen LogP contribution is -2.40. The van der Waals surface area contributed by atoms with Crippen molar-refractivity contribution in [3.63, 3.8) is 0 Å². The Hall–Kier alpha value is -2.14. The van der Waals surface area contributed by atoms with Gasteiger partial charge in [0.05, 0.1) is 6.54 Å². The molecular formula is C17H20FNO3. The number of carboxylic acids is 1. The van der Waals surface area contributed by atoms with Crippen LogP contribution in [0.15, 0.2) is 40.8 Å². The Labute approximate surface area is 129 Å². The van der Waals surface area contributed by atoms with Crippen molar-refractivity contribution in [1.82, 2.24) is 4.90 Å². The summed E-state index contributed by atoms with van der Waals surface area (Å²) in [5.41, 5.74) is 0.839. The molecule has 118 valence electrons. The summed E-state index contributed by atoms with van der Waals surface area (Å²) in [6.45, 7) is 7.30. The van der Waals surface area contributed by atoms with Crippen molar-refractivity contribution in [2.75, 3.05) is 0 Å². The lowest BCUT2D eigenvalue weighted by atomic mass is 10.0. The molecule has 0 spiro atoms. The van der Waals surface area contributed by atoms with Crippen molar-refractivity contribution in [3.8, 4) is 0 Å². The van der Waals surface area contributed by atoms with Crippen LogP contribution in [-0.4, -0.2) is 21.5 Å². The lowest BCUT2D eigenvalue weighted by Gasteiger charge is -2.35. The third kappa shape index (κ3) is 4.18. The summed E-state index contributed by atoms with van der Waals surface area (Å²) < 4.78 is 18.3. The second-order valence-corrected chi connectivity index (χ2v) is 6.22. The SMILES string of the molecule is CC(C)(C)N(Cc1ccc(F)cc1)Cc1ccc(C(=O)O)o1. The number of aromatic carboxylic acids is 1. The first-order chi connectivity index (χ1) is 10.3. The Kier molecular flexibility index (Phi) is 4.66. The molecule has 4 nitrogen and oxygen atoms in total. The lowest BCUT2D eigenvalue weighted by molar-refractivity contribution is 0.0652. The highest BCUT2D eigenvalue weighted by Gasteiger charge is 2.23. The normalized spacial score (nSPS) is 11.9. The molecule has 1 aromatic heterocycles. The van der Waals surface area contributed by atoms with Crippen molar-refractivity contribution in [3.05, 3.63) is 59.3 Å². The summed E-state index contributed by atoms with van der Waals surface area (Å²) >= 11 is 0. The summed E-state index contributed by atoms with van der Waals surface area (Å²) in [6.07, 6.45) is 0. The fraction of sp³-hybridized carbons (Fsp3) is 0.353. The van der Waals surface area contributed by atoms with Gasteiger partial charge in [-0.3, -0.25) is 4.90 Å². The fourth-order valence-corrected chi connectivity index (χ4v) is 2.11. The molecule has 0 aliphatic heterocycles. The van der Waals surface area contributed by atoms with Gasteiger partial charge in [-0.2, -0.15) is 0 Å². The molecule has 0 saturated heterocycles. The average Bonchev–Trinajstić information content (AvgIpc) is 2.88. The van der Waals surface area contributed by atoms with Crippen LogP contribution in [0.25, 0.3) is 0 Å². The Morgan fingerprint density at radius 1 is 1.14 bits per heavy atom. The number of furan rings is 1. The largest absolute Gasteiger partial charge is 0.475 e. The molecule has 0 unspecified atom stereocenters. The Bertz CT molecular complexity index is 641. The molecule has 1 heterocycles. The number of carbonyl (C=O) groups is 1. The van der Waals surface area contributed by atoms with E-state index in [1.165, 1.54) is 18.2 Å². The molecular weight excluding hydrogens is 285 g/mol. The first-order valence-electron chi connectivity index (χ1n) is 7.07. The molecule has 2 rings (SSSR count). The maximum Gasteiger partial charge on any atom is 0.371 e. The molecule has 0 aliphatic rings. The van der Waals surface area contributed by atoms with Crippen LogP contribution < -0.4 is 0 Å². The van der Waals surface area contributed by atoms with E-state index in [2.05, 4.69) is 25.7 Å². The van der Waals surface area contributed by atoms with Crippen LogP contribution in [0.4, 0.5) is 4.39 Å². The maximum absolute atomic E-state index is 13.0. The molecule has 0 fully saturated rings. The summed E-state index contributed by atoms with van der Waals surface area (Å²) in [6, 6.07) is 9.50. The highest BCUT2D eigenvalue weighted by Crippen LogP contribution is 2.22. The van der Waals surface area contributed by atoms with Gasteiger partial charge < -0.3 is 9.52 Å². The van der Waals surface area contributed by atoms with Crippen molar-refractivity contribution >= 4 is 5.97 Å². The van der Waals surface area contributed by atoms with Gasteiger partial charge in [0.25, 0.3) is 0 Å². The summed E-state index contributed by atoms with van der Waals surface area (Å²) in [4.78, 5) is 13.0. The second kappa shape index (κ2) is 6.32. The van der Waals surface area contributed by atoms with Gasteiger partial charge in [0, 0.05) is 12.1 Å². The van der Waals surface area contributed by atoms with Gasteiger partial charge in [-0.25, -0.2) is 9.18 Å². The van der Waals surface area contributed by atoms with Crippen LogP contribution >= 0.6 is 0 Å². The first-order valence-corrected chi connectivity index (χ1v) is 7.07. The minimum absolute atomic E-state index is 0.0642. The molecule has 1 N–H and O–H groups in total. The third-order valence-corrected chi connectivity index (χ3v) is 3.45. The van der Waals surface area contributed by atoms with E-state index in [4.69, 9.17) is 9.52 Å². The number of benzene rings is 1. The number of carboxylic acid groups (broad SMARTS) is 1. The van der Waals surface area contributed by atoms with E-state index < -0.39 is 5.97 Å². The Balaban J connectivity index is 2.15. The molecule has 0 amide bonds. The van der Waals surface area contributed by atoms with E-state index in [1.807, 2.05) is 0 Å². The van der Waals surface area contributed by atoms with Crippen molar-refractivity contribution in [2.24, 2.45) is 0 Å². The highest BCUT2D eigenvalue weighted by atomic mass is 19.1. The van der Waals surface area contributed by atoms with Crippen LogP contribution in [0.1, 0.15) is 42.6 Å². The number of hydrogen-bond donors (Lipinski definition) is 1. The van der Waals surface area contributed by atoms with E-state index in [9.17, 15) is 9.18 Å². The Morgan fingerprint density at radius 2 is 1.77 bits per heavy atom. The van der Waals surface area contributed by atoms with Crippen LogP contribution in [-0.2, 0) is 13.1 Å². The molecule has 1 aromatic carbocycles. The average molecular weight is 305 g/mol. The first kappa shape index (κ1) is 16.2. The second-order valence-electron chi connectivity index (χ2n) is 6.22. The van der Waals surface area contributed by atoms with Crippen LogP contribution in [0, 0.1) is 5.82 Å². The minimum Gasteiger partial charge on any atom is -0.475 e. The van der Waals surface area contributed by atoms with Gasteiger partial charge in [0.1, 0.15) is 11.6 Å². The minimum atomic E-state index is -1.08. The molecule has 5 heteroatoms. The number of nitrogens with zero attached hydrogens (tertiary/aromatic N) is 1. The van der Waals surface area contributed by atoms with E-state index in [-0.39, 0.29) is 17.1 Å². The van der Waals surface area contributed by atoms with E-state index >= 15 is 0 Å². The van der Waals surface area contributed by atoms with Gasteiger partial charge in [0.2, 0.25) is 5.76 Å². The van der Waals surface area contributed by atoms with Crippen LogP contribution in [0.5, 0.6) is 0 Å². The quantitative estimate of drug-likeness (QED) is 0.909. The van der Waals surface area contributed by atoms with Gasteiger partial charge in [-0.15, -0.1) is 0 Å². The number of rotatable bonds is 5. The van der Waals surface area contributed by atoms with Crippen molar-refractivity contribution in [2.45, 2.75) is 39.4 Å². The molecule has 22 heavy (non-hydrogen) atoms. The number of halogens is 1. The fourth-order valence-electron chi connectivity index (χ4n) is 2.11. The zero-order valence-corrected chi connectivity index (χ0v) is 13.0. The van der Waals surface area contributed by atoms with Gasteiger partial charge in [-0.05, 0) is 50.6 Å². The zero-order valence-electron chi connectivity index (χ0n) is 13.0. The van der Waals surface area contributed by atoms with Crippen molar-refractivity contribution in [1.29, 1.82) is 0 Å². The molecule has 0 saturated carbocycles. The summed E-state index contributed by atoms with van der Waals surface area (Å²) in [5.74, 6) is -0.810. The standard InChI is InChI=1S/C17H20FNO3/c1-17(2,3)19(10-12-4-6-13(18)7-5-12)11-14-8-9-15(22-14)16(20)21/h4-9H,10-11H2,1-3H3,(H,20,21). The number of hydrogen-bond acceptors (Lipinski definition) is 3. The Morgan fingerprint density at radius 3 is 2.27 bits per heavy atom. The van der Waals surface area contributed by atoms with Gasteiger partial charge >= 0.3 is 5.97 Å².